The van der Waals surface area contributed by atoms with E-state index in [1.807, 2.05) is 30.3 Å². The molecule has 0 N–H and O–H groups in total. The van der Waals surface area contributed by atoms with Gasteiger partial charge >= 0.3 is 28.4 Å². The zero-order chi connectivity index (χ0) is 20.9. The molecule has 0 fully saturated rings. The molecule has 0 amide bonds. The van der Waals surface area contributed by atoms with E-state index in [2.05, 4.69) is 82.2 Å². The van der Waals surface area contributed by atoms with Crippen molar-refractivity contribution in [1.82, 2.24) is 0 Å². The molecular weight excluding hydrogens is 486 g/mol. The van der Waals surface area contributed by atoms with Crippen molar-refractivity contribution < 1.29 is 49.0 Å². The molecule has 1 aliphatic carbocycles. The number of halogens is 2. The minimum Gasteiger partial charge on any atom is -1.00 e. The molecule has 30 heavy (non-hydrogen) atoms. The van der Waals surface area contributed by atoms with Gasteiger partial charge in [-0.2, -0.15) is 42.0 Å². The van der Waals surface area contributed by atoms with Gasteiger partial charge in [-0.3, -0.25) is 0 Å². The largest absolute Gasteiger partial charge is 1.00 e. The van der Waals surface area contributed by atoms with E-state index in [0.717, 1.165) is 6.42 Å². The fourth-order valence-corrected chi connectivity index (χ4v) is 3.35. The zero-order valence-electron chi connectivity index (χ0n) is 18.9. The normalized spacial score (nSPS) is 11.3. The molecule has 0 nitrogen and oxygen atoms in total. The van der Waals surface area contributed by atoms with Crippen LogP contribution in [0.1, 0.15) is 63.8 Å². The average molecular weight is 519 g/mol. The SMILES string of the molecule is CC(C)(C)c1[c-]c2c(cc1)-c1ccc(C(C)(C)C)cc1C2.[CH2]=[Zr+2].[Cl-].[Cl-].c1cc[cH-]c1. The Bertz CT molecular complexity index is 819. The van der Waals surface area contributed by atoms with Crippen LogP contribution in [0.2, 0.25) is 0 Å². The van der Waals surface area contributed by atoms with E-state index in [9.17, 15) is 0 Å². The number of benzene rings is 2. The number of hydrogen-bond acceptors (Lipinski definition) is 0. The monoisotopic (exact) mass is 516 g/mol. The molecule has 0 unspecified atom stereocenters. The van der Waals surface area contributed by atoms with E-state index < -0.39 is 0 Å². The molecule has 0 aromatic heterocycles. The van der Waals surface area contributed by atoms with Crippen LogP contribution in [0, 0.1) is 6.07 Å². The zero-order valence-corrected chi connectivity index (χ0v) is 22.9. The van der Waals surface area contributed by atoms with Gasteiger partial charge in [0.1, 0.15) is 0 Å². The van der Waals surface area contributed by atoms with Gasteiger partial charge < -0.3 is 24.8 Å². The first kappa shape index (κ1) is 29.1. The molecule has 160 valence electrons. The van der Waals surface area contributed by atoms with E-state index in [4.69, 9.17) is 0 Å². The van der Waals surface area contributed by atoms with Gasteiger partial charge in [0.05, 0.1) is 0 Å². The van der Waals surface area contributed by atoms with Crippen molar-refractivity contribution >= 4 is 4.21 Å². The maximum Gasteiger partial charge on any atom is -0.172 e. The summed E-state index contributed by atoms with van der Waals surface area (Å²) in [5, 5.41) is 0. The van der Waals surface area contributed by atoms with Crippen molar-refractivity contribution in [3.63, 3.8) is 0 Å². The van der Waals surface area contributed by atoms with Crippen LogP contribution < -0.4 is 24.8 Å². The molecular formula is C27H32Cl2Zr-2. The summed E-state index contributed by atoms with van der Waals surface area (Å²) in [5.41, 5.74) is 8.70. The van der Waals surface area contributed by atoms with Gasteiger partial charge in [-0.05, 0) is 28.4 Å². The summed E-state index contributed by atoms with van der Waals surface area (Å²) in [6, 6.07) is 25.2. The van der Waals surface area contributed by atoms with Gasteiger partial charge in [0.15, 0.2) is 0 Å². The molecule has 0 heterocycles. The van der Waals surface area contributed by atoms with Gasteiger partial charge in [-0.1, -0.05) is 65.3 Å². The van der Waals surface area contributed by atoms with Crippen LogP contribution >= 0.6 is 0 Å². The Morgan fingerprint density at radius 3 is 1.87 bits per heavy atom. The van der Waals surface area contributed by atoms with Gasteiger partial charge in [0.2, 0.25) is 0 Å². The fourth-order valence-electron chi connectivity index (χ4n) is 3.35. The molecule has 3 heteroatoms. The summed E-state index contributed by atoms with van der Waals surface area (Å²) in [6.07, 6.45) is 1.03. The first-order valence-electron chi connectivity index (χ1n) is 9.88. The minimum atomic E-state index is 0. The Morgan fingerprint density at radius 1 is 0.833 bits per heavy atom. The molecule has 0 atom stereocenters. The predicted octanol–water partition coefficient (Wildman–Crippen LogP) is 1.03. The van der Waals surface area contributed by atoms with Gasteiger partial charge in [0.25, 0.3) is 0 Å². The van der Waals surface area contributed by atoms with Crippen molar-refractivity contribution in [3.05, 3.63) is 89.0 Å². The third kappa shape index (κ3) is 7.37. The van der Waals surface area contributed by atoms with Gasteiger partial charge in [0, 0.05) is 0 Å². The fraction of sp³-hybridized carbons (Fsp3) is 0.333. The number of rotatable bonds is 0. The van der Waals surface area contributed by atoms with Crippen LogP contribution in [0.5, 0.6) is 0 Å². The second-order valence-corrected chi connectivity index (χ2v) is 9.28. The average Bonchev–Trinajstić information content (AvgIpc) is 3.32. The molecule has 1 aliphatic rings. The summed E-state index contributed by atoms with van der Waals surface area (Å²) in [7, 11) is 0. The molecule has 0 bridgehead atoms. The molecule has 4 rings (SSSR count). The third-order valence-corrected chi connectivity index (χ3v) is 5.02. The number of fused-ring (bicyclic) bond motifs is 3. The Balaban J connectivity index is 0.000000809. The third-order valence-electron chi connectivity index (χ3n) is 5.02. The van der Waals surface area contributed by atoms with Gasteiger partial charge in [-0.15, -0.1) is 11.1 Å². The second-order valence-electron chi connectivity index (χ2n) is 9.28. The van der Waals surface area contributed by atoms with E-state index >= 15 is 0 Å². The Hall–Kier alpha value is -0.877. The topological polar surface area (TPSA) is 0 Å². The summed E-state index contributed by atoms with van der Waals surface area (Å²) in [6.45, 7) is 13.6. The van der Waals surface area contributed by atoms with Crippen LogP contribution in [0.15, 0.2) is 60.7 Å². The molecule has 0 saturated carbocycles. The predicted molar refractivity (Wildman–Crippen MR) is 120 cm³/mol. The van der Waals surface area contributed by atoms with Crippen LogP contribution in [-0.2, 0) is 41.5 Å². The molecule has 0 radical (unpaired) electrons. The van der Waals surface area contributed by atoms with E-state index in [0.29, 0.717) is 0 Å². The first-order valence-corrected chi connectivity index (χ1v) is 11.6. The first-order chi connectivity index (χ1) is 13.2. The van der Waals surface area contributed by atoms with Gasteiger partial charge in [-0.25, -0.2) is 12.1 Å². The van der Waals surface area contributed by atoms with Crippen LogP contribution in [0.25, 0.3) is 11.1 Å². The smallest absolute Gasteiger partial charge is 0.172 e. The van der Waals surface area contributed by atoms with Crippen molar-refractivity contribution in [2.75, 3.05) is 0 Å². The molecule has 3 aromatic rings. The standard InChI is InChI=1S/C21H25.C5H5.CH2.2ClH.Zr/c1-20(2,3)16-7-9-18-14(12-16)11-15-13-17(21(4,5)6)8-10-19(15)18;1-2-4-5-3-1;;;;/h7-10,12H,11H2,1-6H3;1-5H;1H2;2*1H;/q2*-1;;;;+2/p-2. The summed E-state index contributed by atoms with van der Waals surface area (Å²) >= 11 is 1.30. The van der Waals surface area contributed by atoms with E-state index in [1.54, 1.807) is 0 Å². The Labute approximate surface area is 211 Å². The summed E-state index contributed by atoms with van der Waals surface area (Å²) in [4.78, 5) is 0. The molecule has 0 aliphatic heterocycles. The van der Waals surface area contributed by atoms with Crippen molar-refractivity contribution in [2.24, 2.45) is 0 Å². The van der Waals surface area contributed by atoms with Crippen LogP contribution in [0.4, 0.5) is 0 Å². The number of hydrogen-bond donors (Lipinski definition) is 0. The summed E-state index contributed by atoms with van der Waals surface area (Å²) < 4.78 is 3.34. The summed E-state index contributed by atoms with van der Waals surface area (Å²) in [5.74, 6) is 0. The van der Waals surface area contributed by atoms with Crippen molar-refractivity contribution in [3.8, 4) is 11.1 Å². The van der Waals surface area contributed by atoms with Crippen LogP contribution in [0.3, 0.4) is 0 Å². The second kappa shape index (κ2) is 12.2. The Kier molecular flexibility index (Phi) is 11.9. The van der Waals surface area contributed by atoms with E-state index in [-0.39, 0.29) is 35.6 Å². The van der Waals surface area contributed by atoms with Crippen molar-refractivity contribution in [2.45, 2.75) is 58.8 Å². The molecule has 0 spiro atoms. The van der Waals surface area contributed by atoms with Crippen LogP contribution in [-0.4, -0.2) is 4.21 Å². The maximum absolute atomic E-state index is 3.67. The Morgan fingerprint density at radius 2 is 1.40 bits per heavy atom. The van der Waals surface area contributed by atoms with Crippen molar-refractivity contribution in [1.29, 1.82) is 0 Å². The van der Waals surface area contributed by atoms with E-state index in [1.165, 1.54) is 57.6 Å². The molecule has 3 aromatic carbocycles. The minimum absolute atomic E-state index is 0. The molecule has 0 saturated heterocycles. The quantitative estimate of drug-likeness (QED) is 0.305. The maximum atomic E-state index is 3.67.